The van der Waals surface area contributed by atoms with Crippen LogP contribution in [0.4, 0.5) is 0 Å². The molecule has 0 aliphatic heterocycles. The molecule has 4 aromatic rings. The van der Waals surface area contributed by atoms with Crippen LogP contribution < -0.4 is 0 Å². The van der Waals surface area contributed by atoms with Gasteiger partial charge in [0.2, 0.25) is 0 Å². The Balaban J connectivity index is 2.07. The molecule has 0 saturated carbocycles. The van der Waals surface area contributed by atoms with Gasteiger partial charge in [0, 0.05) is 21.6 Å². The molecule has 0 saturated heterocycles. The summed E-state index contributed by atoms with van der Waals surface area (Å²) in [6.07, 6.45) is 1.92. The van der Waals surface area contributed by atoms with Gasteiger partial charge in [-0.2, -0.15) is 5.10 Å². The summed E-state index contributed by atoms with van der Waals surface area (Å²) in [4.78, 5) is 4.53. The predicted molar refractivity (Wildman–Crippen MR) is 88.6 cm³/mol. The number of hydrogen-bond donors (Lipinski definition) is 0. The smallest absolute Gasteiger partial charge is 0.164 e. The van der Waals surface area contributed by atoms with E-state index >= 15 is 0 Å². The van der Waals surface area contributed by atoms with Gasteiger partial charge in [-0.25, -0.2) is 9.50 Å². The van der Waals surface area contributed by atoms with Gasteiger partial charge in [-0.05, 0) is 33.6 Å². The molecule has 0 radical (unpaired) electrons. The lowest BCUT2D eigenvalue weighted by molar-refractivity contribution is 0.958. The first-order valence-corrected chi connectivity index (χ1v) is 7.59. The maximum atomic E-state index is 6.37. The summed E-state index contributed by atoms with van der Waals surface area (Å²) in [5.41, 5.74) is 3.53. The summed E-state index contributed by atoms with van der Waals surface area (Å²) < 4.78 is 2.73. The van der Waals surface area contributed by atoms with Crippen molar-refractivity contribution < 1.29 is 0 Å². The number of aromatic nitrogens is 3. The van der Waals surface area contributed by atoms with E-state index in [0.717, 1.165) is 32.1 Å². The third-order valence-electron chi connectivity index (χ3n) is 3.41. The van der Waals surface area contributed by atoms with Crippen LogP contribution in [0.25, 0.3) is 27.7 Å². The minimum atomic E-state index is 0.482. The Morgan fingerprint density at radius 3 is 2.62 bits per heavy atom. The Labute approximate surface area is 134 Å². The zero-order chi connectivity index (χ0) is 14.4. The van der Waals surface area contributed by atoms with Crippen LogP contribution in [0.5, 0.6) is 0 Å². The number of benzene rings is 2. The number of rotatable bonds is 1. The van der Waals surface area contributed by atoms with Crippen molar-refractivity contribution in [3.63, 3.8) is 0 Å². The Hall–Kier alpha value is -1.91. The van der Waals surface area contributed by atoms with E-state index in [1.807, 2.05) is 54.7 Å². The highest BCUT2D eigenvalue weighted by molar-refractivity contribution is 9.10. The number of fused-ring (bicyclic) bond motifs is 3. The fraction of sp³-hybridized carbons (Fsp3) is 0. The third-order valence-corrected chi connectivity index (χ3v) is 4.34. The van der Waals surface area contributed by atoms with Gasteiger partial charge < -0.3 is 0 Å². The SMILES string of the molecule is Clc1nc2c3cccc(Br)c3nn2cc1-c1ccccc1. The second kappa shape index (κ2) is 4.83. The molecule has 0 spiro atoms. The first-order valence-electron chi connectivity index (χ1n) is 6.42. The van der Waals surface area contributed by atoms with Crippen molar-refractivity contribution in [2.45, 2.75) is 0 Å². The normalized spacial score (nSPS) is 11.3. The number of halogens is 2. The largest absolute Gasteiger partial charge is 0.221 e. The van der Waals surface area contributed by atoms with Gasteiger partial charge in [-0.1, -0.05) is 48.0 Å². The van der Waals surface area contributed by atoms with E-state index in [2.05, 4.69) is 26.0 Å². The van der Waals surface area contributed by atoms with Gasteiger partial charge in [0.1, 0.15) is 10.7 Å². The van der Waals surface area contributed by atoms with Crippen molar-refractivity contribution >= 4 is 44.1 Å². The molecule has 21 heavy (non-hydrogen) atoms. The number of nitrogens with zero attached hydrogens (tertiary/aromatic N) is 3. The first kappa shape index (κ1) is 12.8. The van der Waals surface area contributed by atoms with Crippen LogP contribution in [0.2, 0.25) is 5.15 Å². The molecular weight excluding hydrogens is 350 g/mol. The van der Waals surface area contributed by atoms with E-state index in [1.165, 1.54) is 0 Å². The van der Waals surface area contributed by atoms with Crippen molar-refractivity contribution in [3.05, 3.63) is 64.4 Å². The summed E-state index contributed by atoms with van der Waals surface area (Å²) in [5.74, 6) is 0. The van der Waals surface area contributed by atoms with Gasteiger partial charge in [0.25, 0.3) is 0 Å². The molecule has 0 amide bonds. The van der Waals surface area contributed by atoms with Crippen molar-refractivity contribution in [1.29, 1.82) is 0 Å². The minimum absolute atomic E-state index is 0.482. The molecule has 0 aliphatic rings. The molecule has 4 rings (SSSR count). The lowest BCUT2D eigenvalue weighted by Gasteiger charge is -2.04. The second-order valence-corrected chi connectivity index (χ2v) is 5.93. The van der Waals surface area contributed by atoms with Crippen LogP contribution in [-0.4, -0.2) is 14.6 Å². The quantitative estimate of drug-likeness (QED) is 0.450. The zero-order valence-corrected chi connectivity index (χ0v) is 13.1. The van der Waals surface area contributed by atoms with Gasteiger partial charge in [0.15, 0.2) is 5.65 Å². The molecular formula is C16H9BrClN3. The fourth-order valence-electron chi connectivity index (χ4n) is 2.42. The van der Waals surface area contributed by atoms with E-state index < -0.39 is 0 Å². The van der Waals surface area contributed by atoms with Crippen LogP contribution in [0.3, 0.4) is 0 Å². The van der Waals surface area contributed by atoms with Crippen LogP contribution in [0.1, 0.15) is 0 Å². The van der Waals surface area contributed by atoms with Crippen LogP contribution in [0.15, 0.2) is 59.2 Å². The Bertz CT molecular complexity index is 964. The lowest BCUT2D eigenvalue weighted by atomic mass is 10.1. The average Bonchev–Trinajstić information content (AvgIpc) is 2.87. The highest BCUT2D eigenvalue weighted by Gasteiger charge is 2.13. The minimum Gasteiger partial charge on any atom is -0.221 e. The average molecular weight is 359 g/mol. The maximum Gasteiger partial charge on any atom is 0.164 e. The monoisotopic (exact) mass is 357 g/mol. The molecule has 0 N–H and O–H groups in total. The van der Waals surface area contributed by atoms with Crippen molar-refractivity contribution in [3.8, 4) is 11.1 Å². The van der Waals surface area contributed by atoms with E-state index in [-0.39, 0.29) is 0 Å². The number of hydrogen-bond acceptors (Lipinski definition) is 2. The molecule has 0 atom stereocenters. The Kier molecular flexibility index (Phi) is 2.94. The summed E-state index contributed by atoms with van der Waals surface area (Å²) in [7, 11) is 0. The van der Waals surface area contributed by atoms with Gasteiger partial charge in [-0.15, -0.1) is 0 Å². The molecule has 2 heterocycles. The highest BCUT2D eigenvalue weighted by atomic mass is 79.9. The summed E-state index contributed by atoms with van der Waals surface area (Å²) in [5, 5.41) is 6.05. The Morgan fingerprint density at radius 2 is 1.81 bits per heavy atom. The van der Waals surface area contributed by atoms with Gasteiger partial charge >= 0.3 is 0 Å². The molecule has 0 bridgehead atoms. The Morgan fingerprint density at radius 1 is 1.00 bits per heavy atom. The fourth-order valence-corrected chi connectivity index (χ4v) is 3.10. The molecule has 5 heteroatoms. The topological polar surface area (TPSA) is 30.2 Å². The molecule has 3 nitrogen and oxygen atoms in total. The van der Waals surface area contributed by atoms with Crippen molar-refractivity contribution in [1.82, 2.24) is 14.6 Å². The lowest BCUT2D eigenvalue weighted by Crippen LogP contribution is -1.93. The zero-order valence-electron chi connectivity index (χ0n) is 10.8. The van der Waals surface area contributed by atoms with Crippen molar-refractivity contribution in [2.75, 3.05) is 0 Å². The maximum absolute atomic E-state index is 6.37. The molecule has 102 valence electrons. The molecule has 2 aromatic carbocycles. The van der Waals surface area contributed by atoms with Crippen LogP contribution in [-0.2, 0) is 0 Å². The summed E-state index contributed by atoms with van der Waals surface area (Å²) >= 11 is 9.89. The van der Waals surface area contributed by atoms with E-state index in [4.69, 9.17) is 11.6 Å². The van der Waals surface area contributed by atoms with Crippen LogP contribution >= 0.6 is 27.5 Å². The van der Waals surface area contributed by atoms with Crippen LogP contribution in [0, 0.1) is 0 Å². The summed E-state index contributed by atoms with van der Waals surface area (Å²) in [6.45, 7) is 0. The second-order valence-electron chi connectivity index (χ2n) is 4.72. The highest BCUT2D eigenvalue weighted by Crippen LogP contribution is 2.30. The standard InChI is InChI=1S/C16H9BrClN3/c17-13-8-4-7-11-14(13)20-21-9-12(15(18)19-16(11)21)10-5-2-1-3-6-10/h1-9H. The molecule has 0 unspecified atom stereocenters. The first-order chi connectivity index (χ1) is 10.2. The van der Waals surface area contributed by atoms with Gasteiger partial charge in [-0.3, -0.25) is 0 Å². The van der Waals surface area contributed by atoms with Crippen molar-refractivity contribution in [2.24, 2.45) is 0 Å². The molecule has 2 aromatic heterocycles. The van der Waals surface area contributed by atoms with E-state index in [9.17, 15) is 0 Å². The van der Waals surface area contributed by atoms with Gasteiger partial charge in [0.05, 0.1) is 0 Å². The van der Waals surface area contributed by atoms with E-state index in [1.54, 1.807) is 4.52 Å². The summed E-state index contributed by atoms with van der Waals surface area (Å²) in [6, 6.07) is 15.9. The molecule has 0 aliphatic carbocycles. The third kappa shape index (κ3) is 2.03. The predicted octanol–water partition coefficient (Wildman–Crippen LogP) is 4.97. The molecule has 0 fully saturated rings. The van der Waals surface area contributed by atoms with E-state index in [0.29, 0.717) is 5.15 Å².